The highest BCUT2D eigenvalue weighted by atomic mass is 15.6. The van der Waals surface area contributed by atoms with Gasteiger partial charge in [-0.2, -0.15) is 0 Å². The molecule has 2 N–H and O–H groups in total. The summed E-state index contributed by atoms with van der Waals surface area (Å²) in [4.78, 5) is 0. The van der Waals surface area contributed by atoms with E-state index in [4.69, 9.17) is 5.73 Å². The summed E-state index contributed by atoms with van der Waals surface area (Å²) in [7, 11) is 0. The first kappa shape index (κ1) is 5.30. The standard InChI is InChI=1S/C3H6N5/c1-2(4)3-5-7-8-6-3/h2-3H,1,4H2. The first-order valence-electron chi connectivity index (χ1n) is 2.19. The van der Waals surface area contributed by atoms with E-state index in [0.717, 1.165) is 0 Å². The molecule has 8 heavy (non-hydrogen) atoms. The summed E-state index contributed by atoms with van der Waals surface area (Å²) >= 11 is 0. The Morgan fingerprint density at radius 3 is 2.12 bits per heavy atom. The van der Waals surface area contributed by atoms with E-state index in [9.17, 15) is 0 Å². The SMILES string of the molecule is [CH2]C(N)C1N=NN=N1. The molecule has 0 amide bonds. The van der Waals surface area contributed by atoms with Crippen LogP contribution in [0.15, 0.2) is 20.7 Å². The molecule has 1 rings (SSSR count). The molecule has 1 heterocycles. The lowest BCUT2D eigenvalue weighted by Gasteiger charge is -2.01. The summed E-state index contributed by atoms with van der Waals surface area (Å²) in [5.41, 5.74) is 5.28. The minimum Gasteiger partial charge on any atom is -0.324 e. The summed E-state index contributed by atoms with van der Waals surface area (Å²) in [5, 5.41) is 13.6. The lowest BCUT2D eigenvalue weighted by Crippen LogP contribution is -2.27. The molecule has 1 aliphatic rings. The van der Waals surface area contributed by atoms with Gasteiger partial charge in [-0.05, 0) is 17.4 Å². The van der Waals surface area contributed by atoms with E-state index in [-0.39, 0.29) is 12.2 Å². The van der Waals surface area contributed by atoms with Gasteiger partial charge in [-0.15, -0.1) is 10.2 Å². The van der Waals surface area contributed by atoms with Gasteiger partial charge in [0, 0.05) is 0 Å². The Labute approximate surface area is 46.7 Å². The molecule has 0 aromatic carbocycles. The minimum atomic E-state index is -0.352. The molecule has 0 fully saturated rings. The van der Waals surface area contributed by atoms with Crippen LogP contribution < -0.4 is 5.73 Å². The van der Waals surface area contributed by atoms with Crippen molar-refractivity contribution in [3.8, 4) is 0 Å². The fourth-order valence-electron chi connectivity index (χ4n) is 0.346. The highest BCUT2D eigenvalue weighted by Gasteiger charge is 2.13. The van der Waals surface area contributed by atoms with Gasteiger partial charge in [0.1, 0.15) is 0 Å². The van der Waals surface area contributed by atoms with Crippen molar-refractivity contribution >= 4 is 0 Å². The van der Waals surface area contributed by atoms with Crippen molar-refractivity contribution in [3.05, 3.63) is 6.92 Å². The molecule has 0 aromatic rings. The van der Waals surface area contributed by atoms with Crippen molar-refractivity contribution in [2.24, 2.45) is 26.4 Å². The lowest BCUT2D eigenvalue weighted by molar-refractivity contribution is 0.618. The Morgan fingerprint density at radius 1 is 1.38 bits per heavy atom. The summed E-state index contributed by atoms with van der Waals surface area (Å²) in [5.74, 6) is 0. The van der Waals surface area contributed by atoms with Crippen LogP contribution in [-0.2, 0) is 0 Å². The van der Waals surface area contributed by atoms with Gasteiger partial charge in [-0.25, -0.2) is 0 Å². The van der Waals surface area contributed by atoms with Crippen LogP contribution in [-0.4, -0.2) is 12.2 Å². The van der Waals surface area contributed by atoms with Crippen molar-refractivity contribution in [1.82, 2.24) is 0 Å². The van der Waals surface area contributed by atoms with Crippen LogP contribution >= 0.6 is 0 Å². The van der Waals surface area contributed by atoms with Crippen LogP contribution in [0, 0.1) is 6.92 Å². The average molecular weight is 112 g/mol. The van der Waals surface area contributed by atoms with Crippen LogP contribution in [0.3, 0.4) is 0 Å². The third-order valence-corrected chi connectivity index (χ3v) is 0.763. The van der Waals surface area contributed by atoms with E-state index in [1.54, 1.807) is 0 Å². The van der Waals surface area contributed by atoms with E-state index < -0.39 is 0 Å². The van der Waals surface area contributed by atoms with Gasteiger partial charge in [-0.3, -0.25) is 0 Å². The van der Waals surface area contributed by atoms with Crippen molar-refractivity contribution in [1.29, 1.82) is 0 Å². The van der Waals surface area contributed by atoms with Crippen molar-refractivity contribution in [2.75, 3.05) is 0 Å². The van der Waals surface area contributed by atoms with E-state index in [0.29, 0.717) is 0 Å². The number of hydrogen-bond acceptors (Lipinski definition) is 5. The molecule has 1 radical (unpaired) electrons. The third-order valence-electron chi connectivity index (χ3n) is 0.763. The van der Waals surface area contributed by atoms with Crippen LogP contribution in [0.1, 0.15) is 0 Å². The maximum absolute atomic E-state index is 5.28. The summed E-state index contributed by atoms with van der Waals surface area (Å²) in [6.07, 6.45) is -0.352. The quantitative estimate of drug-likeness (QED) is 0.520. The molecular formula is C3H6N5. The smallest absolute Gasteiger partial charge is 0.200 e. The first-order chi connectivity index (χ1) is 3.80. The Hall–Kier alpha value is -0.840. The molecular weight excluding hydrogens is 106 g/mol. The third kappa shape index (κ3) is 0.865. The predicted octanol–water partition coefficient (Wildman–Crippen LogP) is 0.307. The molecule has 0 spiro atoms. The topological polar surface area (TPSA) is 75.5 Å². The summed E-state index contributed by atoms with van der Waals surface area (Å²) in [6.45, 7) is 3.49. The highest BCUT2D eigenvalue weighted by molar-refractivity contribution is 4.77. The number of rotatable bonds is 1. The van der Waals surface area contributed by atoms with Crippen molar-refractivity contribution in [2.45, 2.75) is 12.2 Å². The second kappa shape index (κ2) is 1.95. The fraction of sp³-hybridized carbons (Fsp3) is 0.667. The molecule has 1 unspecified atom stereocenters. The molecule has 0 aromatic heterocycles. The fourth-order valence-corrected chi connectivity index (χ4v) is 0.346. The zero-order valence-electron chi connectivity index (χ0n) is 4.23. The number of hydrogen-bond donors (Lipinski definition) is 1. The summed E-state index contributed by atoms with van der Waals surface area (Å²) in [6, 6.07) is -0.329. The second-order valence-electron chi connectivity index (χ2n) is 1.49. The lowest BCUT2D eigenvalue weighted by atomic mass is 10.3. The Kier molecular flexibility index (Phi) is 1.29. The Balaban J connectivity index is 2.49. The molecule has 1 aliphatic heterocycles. The van der Waals surface area contributed by atoms with Crippen molar-refractivity contribution < 1.29 is 0 Å². The van der Waals surface area contributed by atoms with E-state index in [1.165, 1.54) is 0 Å². The number of nitrogens with two attached hydrogens (primary N) is 1. The molecule has 1 atom stereocenters. The van der Waals surface area contributed by atoms with Crippen LogP contribution in [0.25, 0.3) is 0 Å². The maximum Gasteiger partial charge on any atom is 0.200 e. The maximum atomic E-state index is 5.28. The molecule has 5 nitrogen and oxygen atoms in total. The molecule has 5 heteroatoms. The van der Waals surface area contributed by atoms with E-state index in [1.807, 2.05) is 0 Å². The van der Waals surface area contributed by atoms with Crippen molar-refractivity contribution in [3.63, 3.8) is 0 Å². The van der Waals surface area contributed by atoms with E-state index in [2.05, 4.69) is 27.6 Å². The predicted molar refractivity (Wildman–Crippen MR) is 26.8 cm³/mol. The van der Waals surface area contributed by atoms with Gasteiger partial charge in [0.05, 0.1) is 6.04 Å². The second-order valence-corrected chi connectivity index (χ2v) is 1.49. The van der Waals surface area contributed by atoms with Gasteiger partial charge in [0.15, 0.2) is 6.17 Å². The molecule has 0 saturated heterocycles. The first-order valence-corrected chi connectivity index (χ1v) is 2.19. The monoisotopic (exact) mass is 112 g/mol. The van der Waals surface area contributed by atoms with Crippen LogP contribution in [0.4, 0.5) is 0 Å². The zero-order chi connectivity index (χ0) is 5.98. The van der Waals surface area contributed by atoms with Gasteiger partial charge < -0.3 is 5.73 Å². The zero-order valence-corrected chi connectivity index (χ0v) is 4.23. The number of nitrogens with zero attached hydrogens (tertiary/aromatic N) is 4. The highest BCUT2D eigenvalue weighted by Crippen LogP contribution is 2.05. The molecule has 0 bridgehead atoms. The molecule has 0 saturated carbocycles. The summed E-state index contributed by atoms with van der Waals surface area (Å²) < 4.78 is 0. The van der Waals surface area contributed by atoms with Gasteiger partial charge in [-0.1, -0.05) is 0 Å². The molecule has 0 aliphatic carbocycles. The average Bonchev–Trinajstić information content (AvgIpc) is 2.12. The Morgan fingerprint density at radius 2 is 1.88 bits per heavy atom. The minimum absolute atomic E-state index is 0.329. The van der Waals surface area contributed by atoms with Gasteiger partial charge in [0.25, 0.3) is 0 Å². The van der Waals surface area contributed by atoms with Crippen LogP contribution in [0.2, 0.25) is 0 Å². The molecule has 43 valence electrons. The van der Waals surface area contributed by atoms with Gasteiger partial charge >= 0.3 is 0 Å². The Bertz CT molecular complexity index is 114. The normalized spacial score (nSPS) is 22.2. The van der Waals surface area contributed by atoms with E-state index >= 15 is 0 Å². The van der Waals surface area contributed by atoms with Gasteiger partial charge in [0.2, 0.25) is 0 Å². The largest absolute Gasteiger partial charge is 0.324 e. The van der Waals surface area contributed by atoms with Crippen LogP contribution in [0.5, 0.6) is 0 Å².